The number of hydrogen-bond acceptors (Lipinski definition) is 7. The fourth-order valence-electron chi connectivity index (χ4n) is 3.05. The summed E-state index contributed by atoms with van der Waals surface area (Å²) >= 11 is 1.59. The first kappa shape index (κ1) is 29.0. The number of carbonyl (C=O) groups is 1. The number of hydrogen-bond donors (Lipinski definition) is 1. The lowest BCUT2D eigenvalue weighted by molar-refractivity contribution is -0.173. The summed E-state index contributed by atoms with van der Waals surface area (Å²) in [6.07, 6.45) is -1.22. The van der Waals surface area contributed by atoms with Crippen molar-refractivity contribution in [1.29, 1.82) is 0 Å². The number of nitrogens with one attached hydrogen (secondary N) is 1. The van der Waals surface area contributed by atoms with Crippen molar-refractivity contribution in [3.63, 3.8) is 0 Å². The Morgan fingerprint density at radius 3 is 2.68 bits per heavy atom. The van der Waals surface area contributed by atoms with Crippen molar-refractivity contribution in [2.45, 2.75) is 69.9 Å². The van der Waals surface area contributed by atoms with Gasteiger partial charge < -0.3 is 28.9 Å². The van der Waals surface area contributed by atoms with Crippen molar-refractivity contribution in [2.75, 3.05) is 38.7 Å². The Morgan fingerprint density at radius 1 is 1.35 bits per heavy atom. The number of amides is 1. The zero-order chi connectivity index (χ0) is 25.6. The van der Waals surface area contributed by atoms with Crippen LogP contribution in [0.1, 0.15) is 27.2 Å². The number of carbonyl (C=O) groups excluding carboxylic acids is 1. The second kappa shape index (κ2) is 12.1. The molecule has 0 spiro atoms. The molecule has 7 nitrogen and oxygen atoms in total. The Kier molecular flexibility index (Phi) is 10.4. The van der Waals surface area contributed by atoms with E-state index in [4.69, 9.17) is 18.6 Å². The largest absolute Gasteiger partial charge is 0.471 e. The molecule has 2 aliphatic heterocycles. The number of alkyl halides is 3. The van der Waals surface area contributed by atoms with Gasteiger partial charge in [-0.25, -0.2) is 0 Å². The third kappa shape index (κ3) is 8.46. The summed E-state index contributed by atoms with van der Waals surface area (Å²) in [4.78, 5) is 12.7. The molecule has 0 aliphatic carbocycles. The van der Waals surface area contributed by atoms with Gasteiger partial charge in [-0.15, -0.1) is 11.8 Å². The van der Waals surface area contributed by atoms with Crippen LogP contribution >= 0.6 is 11.8 Å². The normalized spacial score (nSPS) is 23.9. The monoisotopic (exact) mass is 524 g/mol. The van der Waals surface area contributed by atoms with Gasteiger partial charge in [-0.3, -0.25) is 4.79 Å². The maximum absolute atomic E-state index is 12.2. The van der Waals surface area contributed by atoms with E-state index < -0.39 is 26.9 Å². The van der Waals surface area contributed by atoms with Crippen molar-refractivity contribution in [3.8, 4) is 11.8 Å². The molecule has 194 valence electrons. The number of rotatable bonds is 8. The molecule has 0 saturated carbocycles. The highest BCUT2D eigenvalue weighted by Gasteiger charge is 2.43. The molecule has 3 atom stereocenters. The molecule has 12 heteroatoms. The van der Waals surface area contributed by atoms with E-state index in [1.165, 1.54) is 0 Å². The Labute approximate surface area is 205 Å². The fourth-order valence-corrected chi connectivity index (χ4v) is 4.37. The van der Waals surface area contributed by atoms with E-state index in [2.05, 4.69) is 45.7 Å². The van der Waals surface area contributed by atoms with Gasteiger partial charge in [0.25, 0.3) is 0 Å². The highest BCUT2D eigenvalue weighted by Crippen LogP contribution is 2.37. The fraction of sp³-hybridized carbons (Fsp3) is 0.773. The van der Waals surface area contributed by atoms with E-state index in [9.17, 15) is 18.0 Å². The van der Waals surface area contributed by atoms with Gasteiger partial charge in [-0.1, -0.05) is 32.6 Å². The van der Waals surface area contributed by atoms with Gasteiger partial charge >= 0.3 is 12.1 Å². The van der Waals surface area contributed by atoms with E-state index >= 15 is 0 Å². The third-order valence-electron chi connectivity index (χ3n) is 6.03. The van der Waals surface area contributed by atoms with E-state index in [1.54, 1.807) is 23.3 Å². The molecule has 1 fully saturated rings. The van der Waals surface area contributed by atoms with Crippen molar-refractivity contribution in [3.05, 3.63) is 11.8 Å². The molecule has 0 aromatic rings. The van der Waals surface area contributed by atoms with Crippen LogP contribution in [0.2, 0.25) is 18.1 Å². The zero-order valence-corrected chi connectivity index (χ0v) is 22.4. The van der Waals surface area contributed by atoms with Crippen LogP contribution in [0.5, 0.6) is 0 Å². The van der Waals surface area contributed by atoms with Crippen LogP contribution in [-0.4, -0.2) is 82.4 Å². The van der Waals surface area contributed by atoms with Crippen LogP contribution < -0.4 is 5.32 Å². The van der Waals surface area contributed by atoms with Gasteiger partial charge in [0.1, 0.15) is 19.1 Å². The topological polar surface area (TPSA) is 69.3 Å². The van der Waals surface area contributed by atoms with Gasteiger partial charge in [-0.05, 0) is 24.4 Å². The third-order valence-corrected chi connectivity index (χ3v) is 10.9. The second-order valence-corrected chi connectivity index (χ2v) is 15.3. The summed E-state index contributed by atoms with van der Waals surface area (Å²) in [5.41, 5.74) is 0.582. The summed E-state index contributed by atoms with van der Waals surface area (Å²) in [5, 5.41) is 1.80. The first-order valence-electron chi connectivity index (χ1n) is 11.0. The Bertz CT molecular complexity index is 792. The first-order chi connectivity index (χ1) is 15.7. The molecule has 2 heterocycles. The lowest BCUT2D eigenvalue weighted by atomic mass is 10.2. The minimum Gasteiger partial charge on any atom is -0.414 e. The molecule has 1 saturated heterocycles. The predicted molar refractivity (Wildman–Crippen MR) is 127 cm³/mol. The van der Waals surface area contributed by atoms with Crippen LogP contribution in [0.25, 0.3) is 0 Å². The van der Waals surface area contributed by atoms with Gasteiger partial charge in [-0.2, -0.15) is 13.2 Å². The molecule has 0 bridgehead atoms. The molecule has 0 radical (unpaired) electrons. The lowest BCUT2D eigenvalue weighted by Gasteiger charge is -2.37. The molecule has 2 aliphatic rings. The maximum Gasteiger partial charge on any atom is 0.471 e. The van der Waals surface area contributed by atoms with Gasteiger partial charge in [0, 0.05) is 18.2 Å². The summed E-state index contributed by atoms with van der Waals surface area (Å²) in [6.45, 7) is 11.5. The van der Waals surface area contributed by atoms with Crippen LogP contribution in [0.15, 0.2) is 11.8 Å². The van der Waals surface area contributed by atoms with Crippen molar-refractivity contribution in [2.24, 2.45) is 0 Å². The Balaban J connectivity index is 2.01. The molecule has 2 rings (SSSR count). The van der Waals surface area contributed by atoms with Gasteiger partial charge in [0.2, 0.25) is 0 Å². The van der Waals surface area contributed by atoms with E-state index in [0.29, 0.717) is 31.3 Å². The SMILES string of the molecule is CSCOC1CC(N2C=C(C#CCNC(=O)C(F)(F)F)COC2)OC1CO[Si](C)(C)C(C)(C)C. The van der Waals surface area contributed by atoms with Crippen molar-refractivity contribution in [1.82, 2.24) is 10.2 Å². The summed E-state index contributed by atoms with van der Waals surface area (Å²) in [7, 11) is -1.95. The van der Waals surface area contributed by atoms with Crippen LogP contribution in [0.3, 0.4) is 0 Å². The summed E-state index contributed by atoms with van der Waals surface area (Å²) in [6, 6.07) is 0. The molecule has 1 amide bonds. The highest BCUT2D eigenvalue weighted by atomic mass is 32.2. The van der Waals surface area contributed by atoms with Crippen molar-refractivity contribution >= 4 is 26.0 Å². The zero-order valence-electron chi connectivity index (χ0n) is 20.6. The quantitative estimate of drug-likeness (QED) is 0.295. The van der Waals surface area contributed by atoms with Crippen LogP contribution in [0, 0.1) is 11.8 Å². The molecular formula is C22H35F3N2O5SSi. The second-order valence-electron chi connectivity index (χ2n) is 9.68. The number of halogens is 3. The van der Waals surface area contributed by atoms with Crippen LogP contribution in [-0.2, 0) is 23.4 Å². The minimum atomic E-state index is -4.93. The average Bonchev–Trinajstić information content (AvgIpc) is 3.15. The minimum absolute atomic E-state index is 0.0806. The maximum atomic E-state index is 12.2. The number of nitrogens with zero attached hydrogens (tertiary/aromatic N) is 1. The summed E-state index contributed by atoms with van der Waals surface area (Å²) < 4.78 is 61.0. The molecule has 0 aromatic carbocycles. The standard InChI is InChI=1S/C22H35F3N2O5SSi/c1-21(2,3)34(5,6)31-13-18-17(30-15-33-4)10-19(32-18)27-11-16(12-29-14-27)8-7-9-26-20(28)22(23,24)25/h11,17-19H,9-10,12-15H2,1-6H3,(H,26,28). The van der Waals surface area contributed by atoms with E-state index in [1.807, 2.05) is 11.2 Å². The number of ether oxygens (including phenoxy) is 3. The molecule has 1 N–H and O–H groups in total. The lowest BCUT2D eigenvalue weighted by Crippen LogP contribution is -2.44. The molecular weight excluding hydrogens is 489 g/mol. The smallest absolute Gasteiger partial charge is 0.414 e. The average molecular weight is 525 g/mol. The van der Waals surface area contributed by atoms with Crippen LogP contribution in [0.4, 0.5) is 13.2 Å². The van der Waals surface area contributed by atoms with Crippen molar-refractivity contribution < 1.29 is 36.6 Å². The van der Waals surface area contributed by atoms with Gasteiger partial charge in [0.15, 0.2) is 8.32 Å². The Morgan fingerprint density at radius 2 is 2.06 bits per heavy atom. The van der Waals surface area contributed by atoms with E-state index in [-0.39, 0.29) is 30.1 Å². The molecule has 34 heavy (non-hydrogen) atoms. The highest BCUT2D eigenvalue weighted by molar-refractivity contribution is 7.98. The number of thioether (sulfide) groups is 1. The predicted octanol–water partition coefficient (Wildman–Crippen LogP) is 3.68. The van der Waals surface area contributed by atoms with E-state index in [0.717, 1.165) is 0 Å². The first-order valence-corrected chi connectivity index (χ1v) is 15.3. The summed E-state index contributed by atoms with van der Waals surface area (Å²) in [5.74, 6) is 3.81. The van der Waals surface area contributed by atoms with Gasteiger partial charge in [0.05, 0.1) is 31.8 Å². The molecule has 0 aromatic heterocycles. The Hall–Kier alpha value is -1.23. The molecule has 3 unspecified atom stereocenters.